The van der Waals surface area contributed by atoms with Crippen LogP contribution in [0.5, 0.6) is 5.75 Å². The Morgan fingerprint density at radius 3 is 1.89 bits per heavy atom. The van der Waals surface area contributed by atoms with E-state index in [0.717, 1.165) is 27.6 Å². The van der Waals surface area contributed by atoms with Crippen molar-refractivity contribution in [2.24, 2.45) is 0 Å². The number of benzene rings is 4. The average molecular weight is 519 g/mol. The molecule has 4 aromatic carbocycles. The molecule has 6 nitrogen and oxygen atoms in total. The first-order valence-corrected chi connectivity index (χ1v) is 13.2. The Morgan fingerprint density at radius 2 is 1.38 bits per heavy atom. The van der Waals surface area contributed by atoms with Crippen LogP contribution in [0.3, 0.4) is 0 Å². The highest BCUT2D eigenvalue weighted by atomic mass is 32.2. The van der Waals surface area contributed by atoms with Crippen molar-refractivity contribution in [1.29, 1.82) is 0 Å². The number of rotatable bonds is 10. The van der Waals surface area contributed by atoms with Crippen molar-refractivity contribution in [3.8, 4) is 5.75 Å². The highest BCUT2D eigenvalue weighted by Crippen LogP contribution is 2.26. The summed E-state index contributed by atoms with van der Waals surface area (Å²) in [6.07, 6.45) is 0. The van der Waals surface area contributed by atoms with Gasteiger partial charge in [0.05, 0.1) is 23.2 Å². The average Bonchev–Trinajstić information content (AvgIpc) is 2.92. The fourth-order valence-electron chi connectivity index (χ4n) is 3.91. The third-order valence-corrected chi connectivity index (χ3v) is 7.48. The van der Waals surface area contributed by atoms with Crippen molar-refractivity contribution in [2.45, 2.75) is 17.9 Å². The van der Waals surface area contributed by atoms with Crippen molar-refractivity contribution in [3.63, 3.8) is 0 Å². The van der Waals surface area contributed by atoms with E-state index in [9.17, 15) is 17.6 Å². The normalized spacial score (nSPS) is 11.2. The summed E-state index contributed by atoms with van der Waals surface area (Å²) in [5.41, 5.74) is 1.87. The molecule has 8 heteroatoms. The molecule has 0 fully saturated rings. The molecule has 0 aliphatic carbocycles. The van der Waals surface area contributed by atoms with E-state index in [4.69, 9.17) is 4.74 Å². The highest BCUT2D eigenvalue weighted by Gasteiger charge is 2.28. The van der Waals surface area contributed by atoms with Crippen LogP contribution in [0.4, 0.5) is 10.1 Å². The Kier molecular flexibility index (Phi) is 8.20. The van der Waals surface area contributed by atoms with Crippen molar-refractivity contribution in [3.05, 3.63) is 126 Å². The maximum Gasteiger partial charge on any atom is 0.264 e. The minimum atomic E-state index is -4.16. The first-order chi connectivity index (χ1) is 17.9. The molecule has 0 unspecified atom stereocenters. The SMILES string of the molecule is CCOc1ccc(S(=O)(=O)N(CC(=O)NC(c2ccccc2)c2ccccc2)c2ccc(F)cc2)cc1. The number of nitrogens with one attached hydrogen (secondary N) is 1. The van der Waals surface area contributed by atoms with E-state index >= 15 is 0 Å². The van der Waals surface area contributed by atoms with Gasteiger partial charge < -0.3 is 10.1 Å². The van der Waals surface area contributed by atoms with Gasteiger partial charge in [-0.25, -0.2) is 12.8 Å². The van der Waals surface area contributed by atoms with Crippen LogP contribution in [-0.2, 0) is 14.8 Å². The number of hydrogen-bond donors (Lipinski definition) is 1. The summed E-state index contributed by atoms with van der Waals surface area (Å²) >= 11 is 0. The summed E-state index contributed by atoms with van der Waals surface area (Å²) in [6.45, 7) is 1.77. The molecule has 0 atom stereocenters. The van der Waals surface area contributed by atoms with Crippen LogP contribution in [0.1, 0.15) is 24.1 Å². The van der Waals surface area contributed by atoms with E-state index in [1.54, 1.807) is 12.1 Å². The molecular formula is C29H27FN2O4S. The monoisotopic (exact) mass is 518 g/mol. The number of amides is 1. The molecule has 1 amide bonds. The zero-order valence-electron chi connectivity index (χ0n) is 20.3. The van der Waals surface area contributed by atoms with Crippen molar-refractivity contribution in [1.82, 2.24) is 5.32 Å². The van der Waals surface area contributed by atoms with Crippen molar-refractivity contribution >= 4 is 21.6 Å². The van der Waals surface area contributed by atoms with E-state index in [2.05, 4.69) is 5.32 Å². The summed E-state index contributed by atoms with van der Waals surface area (Å²) in [5, 5.41) is 2.97. The molecule has 0 radical (unpaired) electrons. The second-order valence-corrected chi connectivity index (χ2v) is 10.1. The zero-order chi connectivity index (χ0) is 26.3. The van der Waals surface area contributed by atoms with E-state index in [0.29, 0.717) is 12.4 Å². The number of carbonyl (C=O) groups excluding carboxylic acids is 1. The summed E-state index contributed by atoms with van der Waals surface area (Å²) in [5.74, 6) is -0.502. The lowest BCUT2D eigenvalue weighted by atomic mass is 9.99. The quantitative estimate of drug-likeness (QED) is 0.308. The smallest absolute Gasteiger partial charge is 0.264 e. The summed E-state index contributed by atoms with van der Waals surface area (Å²) < 4.78 is 47.3. The molecule has 4 aromatic rings. The Balaban J connectivity index is 1.66. The van der Waals surface area contributed by atoms with Gasteiger partial charge in [-0.15, -0.1) is 0 Å². The predicted molar refractivity (Wildman–Crippen MR) is 141 cm³/mol. The van der Waals surface area contributed by atoms with Gasteiger partial charge in [-0.05, 0) is 66.6 Å². The maximum atomic E-state index is 13.7. The summed E-state index contributed by atoms with van der Waals surface area (Å²) in [6, 6.07) is 29.3. The van der Waals surface area contributed by atoms with Crippen LogP contribution in [-0.4, -0.2) is 27.5 Å². The molecule has 0 aromatic heterocycles. The predicted octanol–water partition coefficient (Wildman–Crippen LogP) is 5.33. The first kappa shape index (κ1) is 25.9. The molecule has 1 N–H and O–H groups in total. The topological polar surface area (TPSA) is 75.7 Å². The number of hydrogen-bond acceptors (Lipinski definition) is 4. The zero-order valence-corrected chi connectivity index (χ0v) is 21.1. The number of carbonyl (C=O) groups is 1. The molecule has 0 bridgehead atoms. The fraction of sp³-hybridized carbons (Fsp3) is 0.138. The molecule has 0 aliphatic heterocycles. The largest absolute Gasteiger partial charge is 0.494 e. The molecule has 37 heavy (non-hydrogen) atoms. The van der Waals surface area contributed by atoms with Crippen LogP contribution in [0.2, 0.25) is 0 Å². The Hall–Kier alpha value is -4.17. The molecule has 0 saturated heterocycles. The van der Waals surface area contributed by atoms with Gasteiger partial charge in [0.25, 0.3) is 10.0 Å². The van der Waals surface area contributed by atoms with E-state index < -0.39 is 34.3 Å². The highest BCUT2D eigenvalue weighted by molar-refractivity contribution is 7.92. The van der Waals surface area contributed by atoms with Gasteiger partial charge in [0.15, 0.2) is 0 Å². The van der Waals surface area contributed by atoms with E-state index in [1.165, 1.54) is 24.3 Å². The lowest BCUT2D eigenvalue weighted by Crippen LogP contribution is -2.42. The third-order valence-electron chi connectivity index (χ3n) is 5.70. The van der Waals surface area contributed by atoms with Crippen LogP contribution < -0.4 is 14.4 Å². The number of ether oxygens (including phenoxy) is 1. The second-order valence-electron chi connectivity index (χ2n) is 8.21. The van der Waals surface area contributed by atoms with Crippen molar-refractivity contribution < 1.29 is 22.3 Å². The summed E-state index contributed by atoms with van der Waals surface area (Å²) in [7, 11) is -4.16. The van der Waals surface area contributed by atoms with Crippen LogP contribution in [0.15, 0.2) is 114 Å². The Morgan fingerprint density at radius 1 is 0.838 bits per heavy atom. The fourth-order valence-corrected chi connectivity index (χ4v) is 5.33. The minimum absolute atomic E-state index is 0.0178. The standard InChI is InChI=1S/C29H27FN2O4S/c1-2-36-26-17-19-27(20-18-26)37(34,35)32(25-15-13-24(30)14-16-25)21-28(33)31-29(22-9-5-3-6-10-22)23-11-7-4-8-12-23/h3-20,29H,2,21H2,1H3,(H,31,33). The lowest BCUT2D eigenvalue weighted by Gasteiger charge is -2.26. The van der Waals surface area contributed by atoms with Crippen LogP contribution in [0.25, 0.3) is 0 Å². The number of halogens is 1. The van der Waals surface area contributed by atoms with Gasteiger partial charge in [0.1, 0.15) is 18.1 Å². The third kappa shape index (κ3) is 6.34. The second kappa shape index (κ2) is 11.7. The van der Waals surface area contributed by atoms with Crippen LogP contribution in [0, 0.1) is 5.82 Å². The molecule has 4 rings (SSSR count). The van der Waals surface area contributed by atoms with E-state index in [1.807, 2.05) is 67.6 Å². The lowest BCUT2D eigenvalue weighted by molar-refractivity contribution is -0.120. The van der Waals surface area contributed by atoms with Gasteiger partial charge in [-0.2, -0.15) is 0 Å². The molecule has 0 heterocycles. The molecule has 0 aliphatic rings. The van der Waals surface area contributed by atoms with Gasteiger partial charge in [0, 0.05) is 0 Å². The molecule has 0 spiro atoms. The first-order valence-electron chi connectivity index (χ1n) is 11.8. The van der Waals surface area contributed by atoms with E-state index in [-0.39, 0.29) is 10.6 Å². The molecule has 0 saturated carbocycles. The summed E-state index contributed by atoms with van der Waals surface area (Å²) in [4.78, 5) is 13.3. The Bertz CT molecular complexity index is 1370. The van der Waals surface area contributed by atoms with Crippen LogP contribution >= 0.6 is 0 Å². The number of nitrogens with zero attached hydrogens (tertiary/aromatic N) is 1. The van der Waals surface area contributed by atoms with Crippen molar-refractivity contribution in [2.75, 3.05) is 17.5 Å². The van der Waals surface area contributed by atoms with Gasteiger partial charge in [-0.1, -0.05) is 60.7 Å². The molecule has 190 valence electrons. The van der Waals surface area contributed by atoms with Gasteiger partial charge >= 0.3 is 0 Å². The molecular weight excluding hydrogens is 491 g/mol. The van der Waals surface area contributed by atoms with Gasteiger partial charge in [-0.3, -0.25) is 9.10 Å². The number of anilines is 1. The number of sulfonamides is 1. The van der Waals surface area contributed by atoms with Gasteiger partial charge in [0.2, 0.25) is 5.91 Å². The maximum absolute atomic E-state index is 13.7. The minimum Gasteiger partial charge on any atom is -0.494 e. The Labute approximate surface area is 216 Å².